The van der Waals surface area contributed by atoms with E-state index in [9.17, 15) is 14.7 Å². The molecule has 0 bridgehead atoms. The third-order valence-electron chi connectivity index (χ3n) is 4.28. The zero-order chi connectivity index (χ0) is 18.5. The van der Waals surface area contributed by atoms with Gasteiger partial charge in [-0.1, -0.05) is 12.1 Å². The quantitative estimate of drug-likeness (QED) is 0.844. The van der Waals surface area contributed by atoms with Crippen LogP contribution in [0.1, 0.15) is 27.6 Å². The fourth-order valence-electron chi connectivity index (χ4n) is 2.87. The smallest absolute Gasteiger partial charge is 0.339 e. The number of esters is 1. The molecule has 1 aromatic heterocycles. The first-order valence-corrected chi connectivity index (χ1v) is 8.55. The zero-order valence-electron chi connectivity index (χ0n) is 14.6. The number of pyridine rings is 1. The van der Waals surface area contributed by atoms with E-state index in [1.165, 1.54) is 12.3 Å². The van der Waals surface area contributed by atoms with E-state index in [0.29, 0.717) is 43.9 Å². The van der Waals surface area contributed by atoms with E-state index < -0.39 is 0 Å². The molecule has 0 saturated carbocycles. The molecule has 1 N–H and O–H groups in total. The number of hydrogen-bond acceptors (Lipinski definition) is 6. The number of phenolic OH excluding ortho intramolecular Hbond substituents is 1. The second kappa shape index (κ2) is 7.86. The Morgan fingerprint density at radius 1 is 1.12 bits per heavy atom. The summed E-state index contributed by atoms with van der Waals surface area (Å²) in [5.74, 6) is 0.196. The molecule has 0 atom stereocenters. The minimum Gasteiger partial charge on any atom is -0.507 e. The Morgan fingerprint density at radius 3 is 2.46 bits per heavy atom. The predicted molar refractivity (Wildman–Crippen MR) is 96.4 cm³/mol. The summed E-state index contributed by atoms with van der Waals surface area (Å²) >= 11 is 0. The lowest BCUT2D eigenvalue weighted by Crippen LogP contribution is -2.49. The van der Waals surface area contributed by atoms with Gasteiger partial charge in [-0.05, 0) is 31.2 Å². The summed E-state index contributed by atoms with van der Waals surface area (Å²) in [5.41, 5.74) is 0.738. The summed E-state index contributed by atoms with van der Waals surface area (Å²) in [6.45, 7) is 4.42. The maximum atomic E-state index is 12.5. The molecule has 1 aromatic carbocycles. The van der Waals surface area contributed by atoms with Gasteiger partial charge in [-0.25, -0.2) is 9.78 Å². The van der Waals surface area contributed by atoms with Gasteiger partial charge in [0.2, 0.25) is 0 Å². The van der Waals surface area contributed by atoms with Gasteiger partial charge in [0.25, 0.3) is 5.91 Å². The van der Waals surface area contributed by atoms with Crippen LogP contribution >= 0.6 is 0 Å². The van der Waals surface area contributed by atoms with Crippen molar-refractivity contribution in [3.8, 4) is 5.75 Å². The number of benzene rings is 1. The van der Waals surface area contributed by atoms with Crippen molar-refractivity contribution in [1.82, 2.24) is 9.88 Å². The number of amides is 1. The van der Waals surface area contributed by atoms with Crippen molar-refractivity contribution in [2.45, 2.75) is 6.92 Å². The van der Waals surface area contributed by atoms with Gasteiger partial charge in [-0.2, -0.15) is 0 Å². The minimum atomic E-state index is -0.385. The molecule has 7 heteroatoms. The largest absolute Gasteiger partial charge is 0.507 e. The van der Waals surface area contributed by atoms with Gasteiger partial charge in [-0.15, -0.1) is 0 Å². The van der Waals surface area contributed by atoms with Crippen LogP contribution in [0, 0.1) is 0 Å². The number of carbonyl (C=O) groups excluding carboxylic acids is 2. The minimum absolute atomic E-state index is 0.00356. The van der Waals surface area contributed by atoms with Crippen LogP contribution in [0.2, 0.25) is 0 Å². The highest BCUT2D eigenvalue weighted by Gasteiger charge is 2.24. The van der Waals surface area contributed by atoms with Crippen molar-refractivity contribution in [1.29, 1.82) is 0 Å². The van der Waals surface area contributed by atoms with Gasteiger partial charge in [0.1, 0.15) is 11.6 Å². The molecular weight excluding hydrogens is 334 g/mol. The molecule has 2 aromatic rings. The van der Waals surface area contributed by atoms with Crippen LogP contribution in [0.25, 0.3) is 0 Å². The van der Waals surface area contributed by atoms with Crippen LogP contribution in [-0.4, -0.2) is 59.7 Å². The number of ether oxygens (including phenoxy) is 1. The number of rotatable bonds is 4. The Bertz CT molecular complexity index is 784. The Labute approximate surface area is 151 Å². The van der Waals surface area contributed by atoms with Crippen molar-refractivity contribution in [2.24, 2.45) is 0 Å². The number of hydrogen-bond donors (Lipinski definition) is 1. The second-order valence-electron chi connectivity index (χ2n) is 5.92. The van der Waals surface area contributed by atoms with Gasteiger partial charge in [0.15, 0.2) is 0 Å². The van der Waals surface area contributed by atoms with E-state index in [4.69, 9.17) is 4.74 Å². The molecular formula is C19H21N3O4. The van der Waals surface area contributed by atoms with E-state index in [2.05, 4.69) is 9.88 Å². The highest BCUT2D eigenvalue weighted by Crippen LogP contribution is 2.20. The summed E-state index contributed by atoms with van der Waals surface area (Å²) in [6, 6.07) is 10.0. The SMILES string of the molecule is CCOC(=O)c1ccc(N2CCN(C(=O)c3ccccc3O)CC2)nc1. The standard InChI is InChI=1S/C19H21N3O4/c1-2-26-19(25)14-7-8-17(20-13-14)21-9-11-22(12-10-21)18(24)15-5-3-4-6-16(15)23/h3-8,13,23H,2,9-12H2,1H3. The number of carbonyl (C=O) groups is 2. The molecule has 0 unspecified atom stereocenters. The molecule has 3 rings (SSSR count). The van der Waals surface area contributed by atoms with E-state index >= 15 is 0 Å². The molecule has 7 nitrogen and oxygen atoms in total. The van der Waals surface area contributed by atoms with E-state index in [1.807, 2.05) is 0 Å². The number of aromatic nitrogens is 1. The molecule has 2 heterocycles. The lowest BCUT2D eigenvalue weighted by Gasteiger charge is -2.35. The fraction of sp³-hybridized carbons (Fsp3) is 0.316. The first-order chi connectivity index (χ1) is 12.6. The molecule has 1 aliphatic heterocycles. The molecule has 1 amide bonds. The molecule has 1 saturated heterocycles. The summed E-state index contributed by atoms with van der Waals surface area (Å²) < 4.78 is 4.95. The van der Waals surface area contributed by atoms with Crippen molar-refractivity contribution < 1.29 is 19.4 Å². The maximum absolute atomic E-state index is 12.5. The second-order valence-corrected chi connectivity index (χ2v) is 5.92. The van der Waals surface area contributed by atoms with Crippen LogP contribution in [0.5, 0.6) is 5.75 Å². The number of phenols is 1. The van der Waals surface area contributed by atoms with E-state index in [1.54, 1.807) is 42.2 Å². The van der Waals surface area contributed by atoms with E-state index in [-0.39, 0.29) is 17.6 Å². The van der Waals surface area contributed by atoms with Gasteiger partial charge in [0, 0.05) is 32.4 Å². The normalized spacial score (nSPS) is 14.2. The molecule has 0 radical (unpaired) electrons. The van der Waals surface area contributed by atoms with Crippen LogP contribution < -0.4 is 4.90 Å². The topological polar surface area (TPSA) is 83.0 Å². The lowest BCUT2D eigenvalue weighted by molar-refractivity contribution is 0.0525. The Kier molecular flexibility index (Phi) is 5.36. The van der Waals surface area contributed by atoms with Gasteiger partial charge in [-0.3, -0.25) is 4.79 Å². The number of anilines is 1. The zero-order valence-corrected chi connectivity index (χ0v) is 14.6. The van der Waals surface area contributed by atoms with Gasteiger partial charge in [0.05, 0.1) is 17.7 Å². The average molecular weight is 355 g/mol. The lowest BCUT2D eigenvalue weighted by atomic mass is 10.1. The van der Waals surface area contributed by atoms with Crippen LogP contribution in [-0.2, 0) is 4.74 Å². The fourth-order valence-corrected chi connectivity index (χ4v) is 2.87. The monoisotopic (exact) mass is 355 g/mol. The Hall–Kier alpha value is -3.09. The van der Waals surface area contributed by atoms with Crippen molar-refractivity contribution >= 4 is 17.7 Å². The first-order valence-electron chi connectivity index (χ1n) is 8.55. The summed E-state index contributed by atoms with van der Waals surface area (Å²) in [7, 11) is 0. The molecule has 0 aliphatic carbocycles. The average Bonchev–Trinajstić information content (AvgIpc) is 2.68. The third kappa shape index (κ3) is 3.77. The maximum Gasteiger partial charge on any atom is 0.339 e. The number of nitrogens with zero attached hydrogens (tertiary/aromatic N) is 3. The van der Waals surface area contributed by atoms with Crippen LogP contribution in [0.4, 0.5) is 5.82 Å². The first kappa shape index (κ1) is 17.7. The third-order valence-corrected chi connectivity index (χ3v) is 4.28. The summed E-state index contributed by atoms with van der Waals surface area (Å²) in [6.07, 6.45) is 1.51. The van der Waals surface area contributed by atoms with Crippen molar-refractivity contribution in [3.05, 3.63) is 53.7 Å². The van der Waals surface area contributed by atoms with Crippen LogP contribution in [0.3, 0.4) is 0 Å². The van der Waals surface area contributed by atoms with Gasteiger partial charge >= 0.3 is 5.97 Å². The number of aromatic hydroxyl groups is 1. The molecule has 136 valence electrons. The summed E-state index contributed by atoms with van der Waals surface area (Å²) in [5, 5.41) is 9.84. The summed E-state index contributed by atoms with van der Waals surface area (Å²) in [4.78, 5) is 32.3. The highest BCUT2D eigenvalue weighted by atomic mass is 16.5. The highest BCUT2D eigenvalue weighted by molar-refractivity contribution is 5.97. The Morgan fingerprint density at radius 2 is 1.85 bits per heavy atom. The predicted octanol–water partition coefficient (Wildman–Crippen LogP) is 1.93. The van der Waals surface area contributed by atoms with Gasteiger partial charge < -0.3 is 19.6 Å². The molecule has 1 fully saturated rings. The van der Waals surface area contributed by atoms with Crippen LogP contribution in [0.15, 0.2) is 42.6 Å². The number of piperazine rings is 1. The molecule has 0 spiro atoms. The Balaban J connectivity index is 1.61. The van der Waals surface area contributed by atoms with Crippen molar-refractivity contribution in [2.75, 3.05) is 37.7 Å². The van der Waals surface area contributed by atoms with E-state index in [0.717, 1.165) is 5.82 Å². The number of para-hydroxylation sites is 1. The molecule has 1 aliphatic rings. The van der Waals surface area contributed by atoms with Crippen molar-refractivity contribution in [3.63, 3.8) is 0 Å². The molecule has 26 heavy (non-hydrogen) atoms.